The number of rotatable bonds is 2. The second-order valence-corrected chi connectivity index (χ2v) is 4.72. The monoisotopic (exact) mass is 220 g/mol. The van der Waals surface area contributed by atoms with Crippen molar-refractivity contribution in [2.24, 2.45) is 5.92 Å². The van der Waals surface area contributed by atoms with Crippen LogP contribution in [-0.4, -0.2) is 5.78 Å². The van der Waals surface area contributed by atoms with Gasteiger partial charge in [0.1, 0.15) is 5.82 Å². The first-order valence-corrected chi connectivity index (χ1v) is 5.98. The van der Waals surface area contributed by atoms with E-state index in [0.717, 1.165) is 31.2 Å². The van der Waals surface area contributed by atoms with Crippen molar-refractivity contribution in [1.29, 1.82) is 0 Å². The Bertz CT molecular complexity index is 371. The molecule has 1 aromatic carbocycles. The fourth-order valence-electron chi connectivity index (χ4n) is 2.48. The minimum Gasteiger partial charge on any atom is -0.294 e. The molecule has 2 rings (SSSR count). The van der Waals surface area contributed by atoms with Crippen molar-refractivity contribution in [2.45, 2.75) is 39.0 Å². The SMILES string of the molecule is Cc1cc(F)cc(C(=O)C2CCCCC2)c1. The molecule has 1 saturated carbocycles. The highest BCUT2D eigenvalue weighted by molar-refractivity contribution is 5.98. The highest BCUT2D eigenvalue weighted by Gasteiger charge is 2.22. The number of hydrogen-bond donors (Lipinski definition) is 0. The van der Waals surface area contributed by atoms with E-state index in [1.165, 1.54) is 18.6 Å². The van der Waals surface area contributed by atoms with Gasteiger partial charge in [-0.25, -0.2) is 4.39 Å². The Morgan fingerprint density at radius 2 is 1.88 bits per heavy atom. The van der Waals surface area contributed by atoms with Gasteiger partial charge in [-0.05, 0) is 43.5 Å². The minimum absolute atomic E-state index is 0.120. The topological polar surface area (TPSA) is 17.1 Å². The lowest BCUT2D eigenvalue weighted by atomic mass is 9.83. The molecule has 0 bridgehead atoms. The van der Waals surface area contributed by atoms with Crippen LogP contribution in [0.2, 0.25) is 0 Å². The van der Waals surface area contributed by atoms with Gasteiger partial charge in [0, 0.05) is 11.5 Å². The summed E-state index contributed by atoms with van der Waals surface area (Å²) in [6, 6.07) is 4.61. The fraction of sp³-hybridized carbons (Fsp3) is 0.500. The maximum absolute atomic E-state index is 13.2. The fourth-order valence-corrected chi connectivity index (χ4v) is 2.48. The summed E-state index contributed by atoms with van der Waals surface area (Å²) >= 11 is 0. The molecule has 0 spiro atoms. The largest absolute Gasteiger partial charge is 0.294 e. The summed E-state index contributed by atoms with van der Waals surface area (Å²) < 4.78 is 13.2. The Kier molecular flexibility index (Phi) is 3.37. The van der Waals surface area contributed by atoms with Gasteiger partial charge in [-0.3, -0.25) is 4.79 Å². The Balaban J connectivity index is 2.19. The normalized spacial score (nSPS) is 17.4. The third-order valence-corrected chi connectivity index (χ3v) is 3.30. The first kappa shape index (κ1) is 11.3. The van der Waals surface area contributed by atoms with E-state index in [4.69, 9.17) is 0 Å². The molecule has 1 nitrogen and oxygen atoms in total. The Morgan fingerprint density at radius 1 is 1.19 bits per heavy atom. The van der Waals surface area contributed by atoms with E-state index in [0.29, 0.717) is 5.56 Å². The highest BCUT2D eigenvalue weighted by atomic mass is 19.1. The Hall–Kier alpha value is -1.18. The predicted molar refractivity (Wildman–Crippen MR) is 62.0 cm³/mol. The number of benzene rings is 1. The number of carbonyl (C=O) groups excluding carboxylic acids is 1. The molecule has 0 saturated heterocycles. The van der Waals surface area contributed by atoms with Gasteiger partial charge in [0.15, 0.2) is 5.78 Å². The molecule has 0 heterocycles. The van der Waals surface area contributed by atoms with E-state index in [9.17, 15) is 9.18 Å². The maximum Gasteiger partial charge on any atom is 0.166 e. The minimum atomic E-state index is -0.306. The van der Waals surface area contributed by atoms with Crippen LogP contribution < -0.4 is 0 Å². The van der Waals surface area contributed by atoms with Crippen molar-refractivity contribution in [3.8, 4) is 0 Å². The van der Waals surface area contributed by atoms with Crippen LogP contribution >= 0.6 is 0 Å². The van der Waals surface area contributed by atoms with E-state index in [2.05, 4.69) is 0 Å². The van der Waals surface area contributed by atoms with Crippen molar-refractivity contribution in [2.75, 3.05) is 0 Å². The van der Waals surface area contributed by atoms with Crippen LogP contribution in [0.15, 0.2) is 18.2 Å². The van der Waals surface area contributed by atoms with Crippen LogP contribution in [0.3, 0.4) is 0 Å². The van der Waals surface area contributed by atoms with Crippen LogP contribution in [0.25, 0.3) is 0 Å². The van der Waals surface area contributed by atoms with Gasteiger partial charge in [0.2, 0.25) is 0 Å². The van der Waals surface area contributed by atoms with Crippen molar-refractivity contribution in [3.63, 3.8) is 0 Å². The second kappa shape index (κ2) is 4.77. The molecule has 1 aliphatic rings. The van der Waals surface area contributed by atoms with Gasteiger partial charge >= 0.3 is 0 Å². The van der Waals surface area contributed by atoms with Crippen molar-refractivity contribution in [1.82, 2.24) is 0 Å². The number of carbonyl (C=O) groups is 1. The molecule has 0 atom stereocenters. The lowest BCUT2D eigenvalue weighted by molar-refractivity contribution is 0.0889. The van der Waals surface area contributed by atoms with Crippen molar-refractivity contribution in [3.05, 3.63) is 35.1 Å². The maximum atomic E-state index is 13.2. The molecule has 0 unspecified atom stereocenters. The summed E-state index contributed by atoms with van der Waals surface area (Å²) in [4.78, 5) is 12.1. The van der Waals surface area contributed by atoms with E-state index >= 15 is 0 Å². The Labute approximate surface area is 95.7 Å². The van der Waals surface area contributed by atoms with E-state index < -0.39 is 0 Å². The molecular formula is C14H17FO. The average Bonchev–Trinajstić information content (AvgIpc) is 2.28. The van der Waals surface area contributed by atoms with Crippen LogP contribution in [0.4, 0.5) is 4.39 Å². The average molecular weight is 220 g/mol. The molecule has 1 fully saturated rings. The number of halogens is 1. The molecule has 0 amide bonds. The molecule has 1 aromatic rings. The third-order valence-electron chi connectivity index (χ3n) is 3.30. The van der Waals surface area contributed by atoms with Crippen molar-refractivity contribution < 1.29 is 9.18 Å². The standard InChI is InChI=1S/C14H17FO/c1-10-7-12(9-13(15)8-10)14(16)11-5-3-2-4-6-11/h7-9,11H,2-6H2,1H3. The second-order valence-electron chi connectivity index (χ2n) is 4.72. The Morgan fingerprint density at radius 3 is 2.50 bits per heavy atom. The van der Waals surface area contributed by atoms with E-state index in [1.54, 1.807) is 6.07 Å². The highest BCUT2D eigenvalue weighted by Crippen LogP contribution is 2.27. The first-order chi connectivity index (χ1) is 7.66. The zero-order valence-electron chi connectivity index (χ0n) is 9.63. The van der Waals surface area contributed by atoms with Gasteiger partial charge in [-0.1, -0.05) is 19.3 Å². The summed E-state index contributed by atoms with van der Waals surface area (Å²) in [6.07, 6.45) is 5.42. The number of hydrogen-bond acceptors (Lipinski definition) is 1. The molecule has 16 heavy (non-hydrogen) atoms. The van der Waals surface area contributed by atoms with Gasteiger partial charge < -0.3 is 0 Å². The molecule has 1 aliphatic carbocycles. The third kappa shape index (κ3) is 2.49. The lowest BCUT2D eigenvalue weighted by Gasteiger charge is -2.20. The van der Waals surface area contributed by atoms with Crippen molar-refractivity contribution >= 4 is 5.78 Å². The predicted octanol–water partition coefficient (Wildman–Crippen LogP) is 3.90. The molecule has 0 aromatic heterocycles. The summed E-state index contributed by atoms with van der Waals surface area (Å²) in [6.45, 7) is 1.82. The lowest BCUT2D eigenvalue weighted by Crippen LogP contribution is -2.18. The molecule has 0 aliphatic heterocycles. The van der Waals surface area contributed by atoms with Crippen LogP contribution in [0.1, 0.15) is 48.0 Å². The molecule has 0 radical (unpaired) electrons. The number of ketones is 1. The van der Waals surface area contributed by atoms with Gasteiger partial charge in [0.05, 0.1) is 0 Å². The van der Waals surface area contributed by atoms with Crippen LogP contribution in [-0.2, 0) is 0 Å². The quantitative estimate of drug-likeness (QED) is 0.691. The molecule has 2 heteroatoms. The molecular weight excluding hydrogens is 203 g/mol. The van der Waals surface area contributed by atoms with Crippen LogP contribution in [0, 0.1) is 18.7 Å². The number of aryl methyl sites for hydroxylation is 1. The number of Topliss-reactive ketones (excluding diaryl/α,β-unsaturated/α-hetero) is 1. The van der Waals surface area contributed by atoms with E-state index in [-0.39, 0.29) is 17.5 Å². The zero-order valence-corrected chi connectivity index (χ0v) is 9.63. The summed E-state index contributed by atoms with van der Waals surface area (Å²) in [5.41, 5.74) is 1.36. The summed E-state index contributed by atoms with van der Waals surface area (Å²) in [5.74, 6) is -0.0589. The van der Waals surface area contributed by atoms with E-state index in [1.807, 2.05) is 6.92 Å². The smallest absolute Gasteiger partial charge is 0.166 e. The van der Waals surface area contributed by atoms with Gasteiger partial charge in [0.25, 0.3) is 0 Å². The van der Waals surface area contributed by atoms with Crippen LogP contribution in [0.5, 0.6) is 0 Å². The molecule has 0 N–H and O–H groups in total. The van der Waals surface area contributed by atoms with Gasteiger partial charge in [-0.15, -0.1) is 0 Å². The summed E-state index contributed by atoms with van der Waals surface area (Å²) in [5, 5.41) is 0. The molecule has 86 valence electrons. The van der Waals surface area contributed by atoms with Gasteiger partial charge in [-0.2, -0.15) is 0 Å². The summed E-state index contributed by atoms with van der Waals surface area (Å²) in [7, 11) is 0. The zero-order chi connectivity index (χ0) is 11.5. The first-order valence-electron chi connectivity index (χ1n) is 5.98.